The molecule has 5 rings (SSSR count). The van der Waals surface area contributed by atoms with Gasteiger partial charge in [0.1, 0.15) is 6.54 Å². The molecular weight excluding hydrogens is 526 g/mol. The third kappa shape index (κ3) is 5.45. The van der Waals surface area contributed by atoms with Crippen LogP contribution in [0.5, 0.6) is 11.5 Å². The zero-order valence-electron chi connectivity index (χ0n) is 21.4. The molecule has 38 heavy (non-hydrogen) atoms. The minimum Gasteiger partial charge on any atom is -0.454 e. The van der Waals surface area contributed by atoms with Gasteiger partial charge >= 0.3 is 0 Å². The zero-order chi connectivity index (χ0) is 26.9. The number of carbonyl (C=O) groups is 1. The van der Waals surface area contributed by atoms with Crippen molar-refractivity contribution in [1.82, 2.24) is 9.80 Å². The van der Waals surface area contributed by atoms with Crippen LogP contribution in [0.1, 0.15) is 16.7 Å². The highest BCUT2D eigenvalue weighted by Crippen LogP contribution is 2.33. The monoisotopic (exact) mass is 555 g/mol. The van der Waals surface area contributed by atoms with Gasteiger partial charge in [0.05, 0.1) is 10.6 Å². The Morgan fingerprint density at radius 1 is 0.947 bits per heavy atom. The molecule has 0 aliphatic carbocycles. The molecule has 10 heteroatoms. The van der Waals surface area contributed by atoms with E-state index in [2.05, 4.69) is 4.90 Å². The molecule has 0 radical (unpaired) electrons. The fourth-order valence-corrected chi connectivity index (χ4v) is 6.32. The van der Waals surface area contributed by atoms with Gasteiger partial charge in [-0.1, -0.05) is 41.4 Å². The van der Waals surface area contributed by atoms with E-state index in [0.717, 1.165) is 29.2 Å². The molecule has 0 bridgehead atoms. The van der Waals surface area contributed by atoms with Gasteiger partial charge in [-0.05, 0) is 61.4 Å². The molecule has 0 N–H and O–H groups in total. The highest BCUT2D eigenvalue weighted by molar-refractivity contribution is 7.92. The Morgan fingerprint density at radius 3 is 2.39 bits per heavy atom. The van der Waals surface area contributed by atoms with Gasteiger partial charge in [-0.2, -0.15) is 0 Å². The largest absolute Gasteiger partial charge is 0.454 e. The van der Waals surface area contributed by atoms with Crippen LogP contribution in [0.25, 0.3) is 0 Å². The fraction of sp³-hybridized carbons (Fsp3) is 0.321. The number of ether oxygens (including phenoxy) is 2. The van der Waals surface area contributed by atoms with Crippen LogP contribution in [0.4, 0.5) is 5.69 Å². The van der Waals surface area contributed by atoms with Gasteiger partial charge < -0.3 is 14.4 Å². The first-order valence-corrected chi connectivity index (χ1v) is 14.3. The molecular formula is C28H30ClN3O5S. The molecule has 0 atom stereocenters. The lowest BCUT2D eigenvalue weighted by molar-refractivity contribution is -0.131. The first-order valence-electron chi connectivity index (χ1n) is 12.5. The van der Waals surface area contributed by atoms with Crippen LogP contribution < -0.4 is 13.8 Å². The maximum atomic E-state index is 13.7. The van der Waals surface area contributed by atoms with Crippen LogP contribution in [0.2, 0.25) is 5.02 Å². The maximum absolute atomic E-state index is 13.7. The van der Waals surface area contributed by atoms with Crippen molar-refractivity contribution < 1.29 is 22.7 Å². The number of anilines is 1. The van der Waals surface area contributed by atoms with E-state index >= 15 is 0 Å². The van der Waals surface area contributed by atoms with Crippen LogP contribution >= 0.6 is 11.6 Å². The summed E-state index contributed by atoms with van der Waals surface area (Å²) in [5.41, 5.74) is 3.06. The number of fused-ring (bicyclic) bond motifs is 1. The van der Waals surface area contributed by atoms with Gasteiger partial charge in [-0.15, -0.1) is 0 Å². The topological polar surface area (TPSA) is 79.4 Å². The Morgan fingerprint density at radius 2 is 1.66 bits per heavy atom. The first kappa shape index (κ1) is 26.3. The normalized spacial score (nSPS) is 15.5. The molecule has 2 heterocycles. The zero-order valence-corrected chi connectivity index (χ0v) is 23.0. The van der Waals surface area contributed by atoms with E-state index < -0.39 is 10.0 Å². The van der Waals surface area contributed by atoms with Gasteiger partial charge in [0.2, 0.25) is 12.7 Å². The van der Waals surface area contributed by atoms with Crippen molar-refractivity contribution >= 4 is 33.2 Å². The Hall–Kier alpha value is -3.27. The SMILES string of the molecule is Cc1ccc(S(=O)(=O)N(CC(=O)N2CCN(Cc3ccc4c(c3)OCO4)CC2)c2cccc(Cl)c2C)cc1. The van der Waals surface area contributed by atoms with Crippen molar-refractivity contribution in [3.8, 4) is 11.5 Å². The number of benzene rings is 3. The lowest BCUT2D eigenvalue weighted by atomic mass is 10.1. The average Bonchev–Trinajstić information content (AvgIpc) is 3.38. The van der Waals surface area contributed by atoms with Crippen LogP contribution in [-0.4, -0.2) is 63.6 Å². The molecule has 0 aromatic heterocycles. The second kappa shape index (κ2) is 10.8. The number of nitrogens with zero attached hydrogens (tertiary/aromatic N) is 3. The summed E-state index contributed by atoms with van der Waals surface area (Å²) < 4.78 is 39.5. The van der Waals surface area contributed by atoms with Crippen molar-refractivity contribution in [1.29, 1.82) is 0 Å². The standard InChI is InChI=1S/C28H30ClN3O5S/c1-20-6-9-23(10-7-20)38(34,35)32(25-5-3-4-24(29)21(25)2)18-28(33)31-14-12-30(13-15-31)17-22-8-11-26-27(16-22)37-19-36-26/h3-11,16H,12-15,17-19H2,1-2H3. The van der Waals surface area contributed by atoms with Gasteiger partial charge in [-0.25, -0.2) is 8.42 Å². The maximum Gasteiger partial charge on any atom is 0.264 e. The Bertz CT molecular complexity index is 1440. The van der Waals surface area contributed by atoms with Gasteiger partial charge in [-0.3, -0.25) is 14.0 Å². The van der Waals surface area contributed by atoms with E-state index in [1.807, 2.05) is 25.1 Å². The number of rotatable bonds is 7. The molecule has 0 unspecified atom stereocenters. The number of aryl methyl sites for hydroxylation is 1. The summed E-state index contributed by atoms with van der Waals surface area (Å²) in [5.74, 6) is 1.26. The smallest absolute Gasteiger partial charge is 0.264 e. The first-order chi connectivity index (χ1) is 18.2. The number of halogens is 1. The quantitative estimate of drug-likeness (QED) is 0.434. The molecule has 8 nitrogen and oxygen atoms in total. The Balaban J connectivity index is 1.30. The highest BCUT2D eigenvalue weighted by atomic mass is 35.5. The van der Waals surface area contributed by atoms with E-state index in [9.17, 15) is 13.2 Å². The molecule has 1 amide bonds. The van der Waals surface area contributed by atoms with Crippen molar-refractivity contribution in [2.24, 2.45) is 0 Å². The predicted octanol–water partition coefficient (Wildman–Crippen LogP) is 4.23. The van der Waals surface area contributed by atoms with Gasteiger partial charge in [0, 0.05) is 37.7 Å². The molecule has 2 aliphatic heterocycles. The molecule has 2 aliphatic rings. The molecule has 3 aromatic carbocycles. The van der Waals surface area contributed by atoms with Crippen LogP contribution in [0, 0.1) is 13.8 Å². The summed E-state index contributed by atoms with van der Waals surface area (Å²) in [5, 5.41) is 0.441. The molecule has 0 saturated carbocycles. The summed E-state index contributed by atoms with van der Waals surface area (Å²) >= 11 is 6.34. The molecule has 1 fully saturated rings. The van der Waals surface area contributed by atoms with Gasteiger partial charge in [0.15, 0.2) is 11.5 Å². The summed E-state index contributed by atoms with van der Waals surface area (Å²) in [6, 6.07) is 17.6. The lowest BCUT2D eigenvalue weighted by Gasteiger charge is -2.36. The third-order valence-corrected chi connectivity index (χ3v) is 9.15. The van der Waals surface area contributed by atoms with E-state index in [-0.39, 0.29) is 24.1 Å². The number of amides is 1. The Labute approximate surface area is 228 Å². The van der Waals surface area contributed by atoms with Crippen LogP contribution in [0.15, 0.2) is 65.6 Å². The van der Waals surface area contributed by atoms with E-state index in [0.29, 0.717) is 42.5 Å². The third-order valence-electron chi connectivity index (χ3n) is 6.96. The van der Waals surface area contributed by atoms with E-state index in [4.69, 9.17) is 21.1 Å². The summed E-state index contributed by atoms with van der Waals surface area (Å²) in [6.45, 7) is 6.70. The fourth-order valence-electron chi connectivity index (χ4n) is 4.68. The van der Waals surface area contributed by atoms with Crippen molar-refractivity contribution in [2.45, 2.75) is 25.3 Å². The van der Waals surface area contributed by atoms with Crippen molar-refractivity contribution in [2.75, 3.05) is 43.8 Å². The number of sulfonamides is 1. The summed E-state index contributed by atoms with van der Waals surface area (Å²) in [7, 11) is -4.01. The second-order valence-corrected chi connectivity index (χ2v) is 11.8. The molecule has 1 saturated heterocycles. The minimum atomic E-state index is -4.01. The van der Waals surface area contributed by atoms with Crippen LogP contribution in [-0.2, 0) is 21.4 Å². The lowest BCUT2D eigenvalue weighted by Crippen LogP contribution is -2.51. The van der Waals surface area contributed by atoms with Crippen molar-refractivity contribution in [3.05, 3.63) is 82.4 Å². The van der Waals surface area contributed by atoms with E-state index in [1.165, 1.54) is 4.31 Å². The van der Waals surface area contributed by atoms with Gasteiger partial charge in [0.25, 0.3) is 10.0 Å². The number of hydrogen-bond donors (Lipinski definition) is 0. The summed E-state index contributed by atoms with van der Waals surface area (Å²) in [4.78, 5) is 17.6. The summed E-state index contributed by atoms with van der Waals surface area (Å²) in [6.07, 6.45) is 0. The van der Waals surface area contributed by atoms with Crippen LogP contribution in [0.3, 0.4) is 0 Å². The number of hydrogen-bond acceptors (Lipinski definition) is 6. The van der Waals surface area contributed by atoms with Crippen molar-refractivity contribution in [3.63, 3.8) is 0 Å². The molecule has 0 spiro atoms. The average molecular weight is 556 g/mol. The highest BCUT2D eigenvalue weighted by Gasteiger charge is 2.31. The Kier molecular flexibility index (Phi) is 7.52. The predicted molar refractivity (Wildman–Crippen MR) is 146 cm³/mol. The second-order valence-electron chi connectivity index (χ2n) is 9.55. The molecule has 3 aromatic rings. The number of piperazine rings is 1. The minimum absolute atomic E-state index is 0.129. The van der Waals surface area contributed by atoms with E-state index in [1.54, 1.807) is 54.3 Å². The number of carbonyl (C=O) groups excluding carboxylic acids is 1. The molecule has 200 valence electrons.